The van der Waals surface area contributed by atoms with Gasteiger partial charge in [-0.1, -0.05) is 0 Å². The maximum absolute atomic E-state index is 5.99. The number of pyridine rings is 2. The van der Waals surface area contributed by atoms with Crippen LogP contribution in [0.4, 0.5) is 0 Å². The summed E-state index contributed by atoms with van der Waals surface area (Å²) in [6.07, 6.45) is 3.57. The first-order valence-corrected chi connectivity index (χ1v) is 11.9. The van der Waals surface area contributed by atoms with Crippen molar-refractivity contribution in [1.29, 1.82) is 0 Å². The van der Waals surface area contributed by atoms with Crippen LogP contribution in [0.1, 0.15) is 37.3 Å². The standard InChI is InChI=1S/C13H13N4.C5H7N2S.Sn/c1-9(14)11(8-15-2)10-6-13-12(17-7-10)4-3-5-16-13;1-4(2)5-7-6-3-8-5;/h3-4,6-8H,14H2,1-2H3;4H,1-2H3;. The molecule has 0 saturated carbocycles. The number of hydrogen-bond acceptors (Lipinski definition) is 7. The quantitative estimate of drug-likeness (QED) is 0.452. The number of rotatable bonds is 5. The van der Waals surface area contributed by atoms with Crippen molar-refractivity contribution in [2.75, 3.05) is 7.05 Å². The summed E-state index contributed by atoms with van der Waals surface area (Å²) < 4.78 is 2.26. The van der Waals surface area contributed by atoms with Gasteiger partial charge in [-0.2, -0.15) is 0 Å². The van der Waals surface area contributed by atoms with E-state index >= 15 is 0 Å². The molecule has 3 rings (SSSR count). The Hall–Kier alpha value is -1.87. The van der Waals surface area contributed by atoms with Crippen LogP contribution >= 0.6 is 11.3 Å². The zero-order chi connectivity index (χ0) is 18.7. The minimum absolute atomic E-state index is 0.418. The van der Waals surface area contributed by atoms with Crippen molar-refractivity contribution in [3.8, 4) is 0 Å². The van der Waals surface area contributed by atoms with Crippen LogP contribution in [0, 0.1) is 0 Å². The van der Waals surface area contributed by atoms with E-state index in [1.165, 1.54) is 0 Å². The molecule has 132 valence electrons. The van der Waals surface area contributed by atoms with Gasteiger partial charge in [-0.15, -0.1) is 0 Å². The van der Waals surface area contributed by atoms with Crippen LogP contribution in [-0.2, 0) is 0 Å². The molecule has 0 aromatic carbocycles. The Morgan fingerprint density at radius 3 is 2.73 bits per heavy atom. The third kappa shape index (κ3) is 4.26. The van der Waals surface area contributed by atoms with Crippen LogP contribution < -0.4 is 12.5 Å². The monoisotopic (exact) mass is 472 g/mol. The van der Waals surface area contributed by atoms with Crippen molar-refractivity contribution in [3.05, 3.63) is 40.7 Å². The molecule has 0 spiro atoms. The van der Waals surface area contributed by atoms with Gasteiger partial charge < -0.3 is 0 Å². The molecule has 2 radical (unpaired) electrons. The second kappa shape index (κ2) is 8.22. The number of hydrogen-bond donors (Lipinski definition) is 1. The molecule has 0 saturated heterocycles. The van der Waals surface area contributed by atoms with E-state index in [1.807, 2.05) is 25.3 Å². The average molecular weight is 471 g/mol. The van der Waals surface area contributed by atoms with Crippen molar-refractivity contribution >= 4 is 62.0 Å². The molecule has 2 N–H and O–H groups in total. The van der Waals surface area contributed by atoms with E-state index in [9.17, 15) is 0 Å². The Bertz CT molecular complexity index is 988. The third-order valence-electron chi connectivity index (χ3n) is 3.70. The third-order valence-corrected chi connectivity index (χ3v) is 8.72. The molecule has 0 aliphatic carbocycles. The second-order valence-corrected chi connectivity index (χ2v) is 11.7. The molecule has 0 fully saturated rings. The summed E-state index contributed by atoms with van der Waals surface area (Å²) in [6, 6.07) is 6.12. The summed E-state index contributed by atoms with van der Waals surface area (Å²) in [5.74, 6) is 0.418. The molecule has 3 aromatic rings. The first-order chi connectivity index (χ1) is 12.5. The molecule has 26 heavy (non-hydrogen) atoms. The minimum atomic E-state index is -1.06. The molecule has 0 bridgehead atoms. The number of nitrogens with zero attached hydrogens (tertiary/aromatic N) is 5. The van der Waals surface area contributed by atoms with Crippen molar-refractivity contribution in [3.63, 3.8) is 0 Å². The molecule has 0 unspecified atom stereocenters. The van der Waals surface area contributed by atoms with Gasteiger partial charge in [0.25, 0.3) is 0 Å². The molecular formula is C18H20N6SSn. The van der Waals surface area contributed by atoms with Gasteiger partial charge in [0.15, 0.2) is 0 Å². The van der Waals surface area contributed by atoms with Gasteiger partial charge in [0.05, 0.1) is 0 Å². The summed E-state index contributed by atoms with van der Waals surface area (Å²) in [5.41, 5.74) is 10.2. The van der Waals surface area contributed by atoms with Crippen LogP contribution in [-0.4, -0.2) is 54.6 Å². The second-order valence-electron chi connectivity index (χ2n) is 6.17. The summed E-state index contributed by atoms with van der Waals surface area (Å²) >= 11 is 0.652. The number of aromatic nitrogens is 4. The topological polar surface area (TPSA) is 89.9 Å². The molecule has 3 aromatic heterocycles. The van der Waals surface area contributed by atoms with Gasteiger partial charge in [-0.3, -0.25) is 0 Å². The number of allylic oxidation sites excluding steroid dienone is 2. The summed E-state index contributed by atoms with van der Waals surface area (Å²) in [6.45, 7) is 6.14. The van der Waals surface area contributed by atoms with E-state index in [0.29, 0.717) is 11.6 Å². The molecule has 0 aliphatic heterocycles. The molecule has 0 atom stereocenters. The zero-order valence-corrected chi connectivity index (χ0v) is 18.9. The normalized spacial score (nSPS) is 13.0. The van der Waals surface area contributed by atoms with E-state index in [2.05, 4.69) is 40.1 Å². The molecule has 0 amide bonds. The Morgan fingerprint density at radius 2 is 2.08 bits per heavy atom. The molecule has 3 heterocycles. The summed E-state index contributed by atoms with van der Waals surface area (Å²) in [5, 5.41) is 9.74. The van der Waals surface area contributed by atoms with Gasteiger partial charge in [0, 0.05) is 0 Å². The Labute approximate surface area is 166 Å². The van der Waals surface area contributed by atoms with Crippen LogP contribution in [0.15, 0.2) is 35.1 Å². The van der Waals surface area contributed by atoms with Crippen LogP contribution in [0.2, 0.25) is 0 Å². The van der Waals surface area contributed by atoms with Crippen molar-refractivity contribution in [1.82, 2.24) is 20.2 Å². The average Bonchev–Trinajstić information content (AvgIpc) is 3.07. The maximum atomic E-state index is 5.99. The Kier molecular flexibility index (Phi) is 5.97. The first-order valence-electron chi connectivity index (χ1n) is 8.24. The predicted molar refractivity (Wildman–Crippen MR) is 110 cm³/mol. The number of fused-ring (bicyclic) bond motifs is 1. The molecule has 6 nitrogen and oxygen atoms in total. The Balaban J connectivity index is 1.95. The summed E-state index contributed by atoms with van der Waals surface area (Å²) in [7, 11) is 1.73. The Morgan fingerprint density at radius 1 is 1.27 bits per heavy atom. The van der Waals surface area contributed by atoms with Gasteiger partial charge in [0.1, 0.15) is 0 Å². The van der Waals surface area contributed by atoms with Crippen molar-refractivity contribution in [2.24, 2.45) is 10.7 Å². The van der Waals surface area contributed by atoms with Gasteiger partial charge in [-0.25, -0.2) is 0 Å². The molecular weight excluding hydrogens is 451 g/mol. The van der Waals surface area contributed by atoms with Crippen molar-refractivity contribution < 1.29 is 0 Å². The van der Waals surface area contributed by atoms with Gasteiger partial charge in [0.2, 0.25) is 0 Å². The van der Waals surface area contributed by atoms with E-state index in [1.54, 1.807) is 24.6 Å². The fourth-order valence-electron chi connectivity index (χ4n) is 2.38. The van der Waals surface area contributed by atoms with E-state index in [4.69, 9.17) is 10.7 Å². The predicted octanol–water partition coefficient (Wildman–Crippen LogP) is 1.65. The summed E-state index contributed by atoms with van der Waals surface area (Å²) in [4.78, 5) is 13.4. The van der Waals surface area contributed by atoms with E-state index < -0.39 is 21.1 Å². The fourth-order valence-corrected chi connectivity index (χ4v) is 6.96. The van der Waals surface area contributed by atoms with Crippen LogP contribution in [0.3, 0.4) is 0 Å². The van der Waals surface area contributed by atoms with E-state index in [-0.39, 0.29) is 0 Å². The van der Waals surface area contributed by atoms with Crippen LogP contribution in [0.5, 0.6) is 0 Å². The zero-order valence-electron chi connectivity index (χ0n) is 15.2. The van der Waals surface area contributed by atoms with Gasteiger partial charge in [-0.05, 0) is 0 Å². The molecule has 0 aliphatic rings. The number of aliphatic imine (C=N–C) groups is 1. The molecule has 8 heteroatoms. The fraction of sp³-hybridized carbons (Fsp3) is 0.278. The SMILES string of the molecule is CN=CC(=C(C)N)c1cnc2cc[c]([Sn][c]3nnc(C(C)C)s3)nc2c1. The number of nitrogens with two attached hydrogens (primary N) is 1. The van der Waals surface area contributed by atoms with Crippen LogP contribution in [0.25, 0.3) is 16.6 Å². The van der Waals surface area contributed by atoms with Crippen molar-refractivity contribution in [2.45, 2.75) is 26.7 Å². The van der Waals surface area contributed by atoms with E-state index in [0.717, 1.165) is 33.9 Å². The van der Waals surface area contributed by atoms with Gasteiger partial charge >= 0.3 is 167 Å². The first kappa shape index (κ1) is 18.9.